The van der Waals surface area contributed by atoms with Crippen LogP contribution in [0.3, 0.4) is 0 Å². The van der Waals surface area contributed by atoms with E-state index < -0.39 is 0 Å². The molecule has 2 aromatic rings. The van der Waals surface area contributed by atoms with Crippen LogP contribution in [-0.2, 0) is 11.3 Å². The molecule has 3 aliphatic rings. The lowest BCUT2D eigenvalue weighted by Gasteiger charge is -2.39. The van der Waals surface area contributed by atoms with E-state index in [1.54, 1.807) is 11.8 Å². The van der Waals surface area contributed by atoms with Crippen LogP contribution in [0.4, 0.5) is 4.39 Å². The zero-order chi connectivity index (χ0) is 21.9. The predicted molar refractivity (Wildman–Crippen MR) is 127 cm³/mol. The van der Waals surface area contributed by atoms with Gasteiger partial charge in [0, 0.05) is 35.3 Å². The van der Waals surface area contributed by atoms with Crippen molar-refractivity contribution < 1.29 is 9.18 Å². The molecule has 1 saturated carbocycles. The normalized spacial score (nSPS) is 25.2. The number of likely N-dealkylation sites (tertiary alicyclic amines) is 2. The number of halogens is 1. The molecule has 0 bridgehead atoms. The van der Waals surface area contributed by atoms with E-state index in [-0.39, 0.29) is 17.8 Å². The first-order chi connectivity index (χ1) is 15.6. The van der Waals surface area contributed by atoms with Crippen molar-refractivity contribution >= 4 is 17.7 Å². The minimum Gasteiger partial charge on any atom is -0.352 e. The Kier molecular flexibility index (Phi) is 6.81. The fraction of sp³-hybridized carbons (Fsp3) is 0.500. The minimum absolute atomic E-state index is 0.0424. The largest absolute Gasteiger partial charge is 0.352 e. The Bertz CT molecular complexity index is 897. The molecule has 2 atom stereocenters. The van der Waals surface area contributed by atoms with Crippen molar-refractivity contribution in [3.05, 3.63) is 66.0 Å². The zero-order valence-corrected chi connectivity index (χ0v) is 19.3. The van der Waals surface area contributed by atoms with Crippen molar-refractivity contribution in [2.75, 3.05) is 19.6 Å². The molecule has 5 rings (SSSR count). The molecule has 2 heterocycles. The third kappa shape index (κ3) is 5.53. The van der Waals surface area contributed by atoms with Gasteiger partial charge in [-0.1, -0.05) is 30.3 Å². The Hall–Kier alpha value is -1.89. The van der Waals surface area contributed by atoms with Gasteiger partial charge in [-0.25, -0.2) is 4.39 Å². The van der Waals surface area contributed by atoms with Gasteiger partial charge in [-0.15, -0.1) is 11.8 Å². The van der Waals surface area contributed by atoms with E-state index in [1.807, 2.05) is 12.1 Å². The number of hydrogen-bond acceptors (Lipinski definition) is 4. The summed E-state index contributed by atoms with van der Waals surface area (Å²) in [6.07, 6.45) is 5.31. The predicted octanol–water partition coefficient (Wildman–Crippen LogP) is 4.30. The highest BCUT2D eigenvalue weighted by atomic mass is 32.2. The molecule has 2 saturated heterocycles. The number of piperidine rings is 1. The standard InChI is InChI=1S/C26H32FN3OS/c27-20-6-10-23(11-7-20)32-24-16-25(26(31)28-21-8-9-21)30(18-24)22-12-14-29(15-13-22)17-19-4-2-1-3-5-19/h1-7,10-11,21-22,24-25H,8-9,12-18H2,(H,28,31)/t24-,25+/m1/s1. The van der Waals surface area contributed by atoms with Crippen molar-refractivity contribution in [3.8, 4) is 0 Å². The van der Waals surface area contributed by atoms with Crippen LogP contribution in [0.15, 0.2) is 59.5 Å². The second-order valence-corrected chi connectivity index (χ2v) is 10.8. The van der Waals surface area contributed by atoms with E-state index in [1.165, 1.54) is 17.7 Å². The van der Waals surface area contributed by atoms with Gasteiger partial charge in [0.1, 0.15) is 5.82 Å². The van der Waals surface area contributed by atoms with Gasteiger partial charge in [0.25, 0.3) is 0 Å². The number of rotatable bonds is 7. The summed E-state index contributed by atoms with van der Waals surface area (Å²) in [5.41, 5.74) is 1.37. The Morgan fingerprint density at radius 1 is 1.00 bits per heavy atom. The van der Waals surface area contributed by atoms with Crippen molar-refractivity contribution in [3.63, 3.8) is 0 Å². The molecule has 0 aromatic heterocycles. The van der Waals surface area contributed by atoms with Crippen molar-refractivity contribution in [2.24, 2.45) is 0 Å². The van der Waals surface area contributed by atoms with Gasteiger partial charge in [-0.2, -0.15) is 0 Å². The van der Waals surface area contributed by atoms with Gasteiger partial charge in [0.15, 0.2) is 0 Å². The van der Waals surface area contributed by atoms with Crippen LogP contribution in [0.2, 0.25) is 0 Å². The van der Waals surface area contributed by atoms with Crippen LogP contribution in [0, 0.1) is 5.82 Å². The van der Waals surface area contributed by atoms with Gasteiger partial charge in [0.05, 0.1) is 6.04 Å². The smallest absolute Gasteiger partial charge is 0.237 e. The summed E-state index contributed by atoms with van der Waals surface area (Å²) >= 11 is 1.79. The Morgan fingerprint density at radius 3 is 2.41 bits per heavy atom. The number of hydrogen-bond donors (Lipinski definition) is 1. The quantitative estimate of drug-likeness (QED) is 0.678. The summed E-state index contributed by atoms with van der Waals surface area (Å²) in [6.45, 7) is 4.07. The highest BCUT2D eigenvalue weighted by Gasteiger charge is 2.42. The van der Waals surface area contributed by atoms with Crippen molar-refractivity contribution in [2.45, 2.75) is 66.9 Å². The van der Waals surface area contributed by atoms with Crippen LogP contribution in [0.1, 0.15) is 37.7 Å². The van der Waals surface area contributed by atoms with Crippen LogP contribution < -0.4 is 5.32 Å². The lowest BCUT2D eigenvalue weighted by Crippen LogP contribution is -2.51. The van der Waals surface area contributed by atoms with Crippen LogP contribution in [-0.4, -0.2) is 58.7 Å². The summed E-state index contributed by atoms with van der Waals surface area (Å²) < 4.78 is 13.3. The van der Waals surface area contributed by atoms with Gasteiger partial charge in [-0.05, 0) is 75.0 Å². The first-order valence-corrected chi connectivity index (χ1v) is 12.8. The summed E-state index contributed by atoms with van der Waals surface area (Å²) in [6, 6.07) is 18.2. The topological polar surface area (TPSA) is 35.6 Å². The molecule has 170 valence electrons. The average molecular weight is 454 g/mol. The molecule has 1 N–H and O–H groups in total. The third-order valence-corrected chi connectivity index (χ3v) is 8.14. The van der Waals surface area contributed by atoms with Gasteiger partial charge in [-0.3, -0.25) is 14.6 Å². The first-order valence-electron chi connectivity index (χ1n) is 11.9. The molecular weight excluding hydrogens is 421 g/mol. The van der Waals surface area contributed by atoms with Crippen molar-refractivity contribution in [1.82, 2.24) is 15.1 Å². The van der Waals surface area contributed by atoms with E-state index in [4.69, 9.17) is 0 Å². The highest BCUT2D eigenvalue weighted by Crippen LogP contribution is 2.36. The molecule has 0 spiro atoms. The van der Waals surface area contributed by atoms with Crippen LogP contribution >= 0.6 is 11.8 Å². The number of nitrogens with zero attached hydrogens (tertiary/aromatic N) is 2. The molecule has 1 aliphatic carbocycles. The van der Waals surface area contributed by atoms with Crippen LogP contribution in [0.25, 0.3) is 0 Å². The summed E-state index contributed by atoms with van der Waals surface area (Å²) in [5.74, 6) is 0.00719. The molecule has 3 fully saturated rings. The second kappa shape index (κ2) is 9.94. The van der Waals surface area contributed by atoms with Gasteiger partial charge >= 0.3 is 0 Å². The van der Waals surface area contributed by atoms with E-state index in [0.717, 1.165) is 63.2 Å². The van der Waals surface area contributed by atoms with Crippen LogP contribution in [0.5, 0.6) is 0 Å². The molecule has 0 unspecified atom stereocenters. The lowest BCUT2D eigenvalue weighted by molar-refractivity contribution is -0.126. The number of thioether (sulfide) groups is 1. The molecule has 32 heavy (non-hydrogen) atoms. The lowest BCUT2D eigenvalue weighted by atomic mass is 10.0. The summed E-state index contributed by atoms with van der Waals surface area (Å²) in [4.78, 5) is 19.2. The maximum absolute atomic E-state index is 13.3. The SMILES string of the molecule is O=C(NC1CC1)[C@@H]1C[C@@H](Sc2ccc(F)cc2)CN1C1CCN(Cc2ccccc2)CC1. The molecular formula is C26H32FN3OS. The second-order valence-electron chi connectivity index (χ2n) is 9.42. The molecule has 0 radical (unpaired) electrons. The monoisotopic (exact) mass is 453 g/mol. The summed E-state index contributed by atoms with van der Waals surface area (Å²) in [5, 5.41) is 3.61. The Morgan fingerprint density at radius 2 is 1.72 bits per heavy atom. The molecule has 6 heteroatoms. The minimum atomic E-state index is -0.202. The molecule has 1 amide bonds. The average Bonchev–Trinajstić information content (AvgIpc) is 3.53. The first kappa shape index (κ1) is 21.9. The summed E-state index contributed by atoms with van der Waals surface area (Å²) in [7, 11) is 0. The van der Waals surface area contributed by atoms with E-state index in [2.05, 4.69) is 45.4 Å². The fourth-order valence-corrected chi connectivity index (χ4v) is 6.25. The maximum Gasteiger partial charge on any atom is 0.237 e. The van der Waals surface area contributed by atoms with E-state index >= 15 is 0 Å². The van der Waals surface area contributed by atoms with E-state index in [9.17, 15) is 9.18 Å². The molecule has 4 nitrogen and oxygen atoms in total. The third-order valence-electron chi connectivity index (χ3n) is 6.92. The molecule has 2 aromatic carbocycles. The molecule has 2 aliphatic heterocycles. The van der Waals surface area contributed by atoms with Gasteiger partial charge in [0.2, 0.25) is 5.91 Å². The number of carbonyl (C=O) groups is 1. The Labute approximate surface area is 194 Å². The fourth-order valence-electron chi connectivity index (χ4n) is 5.05. The number of benzene rings is 2. The number of nitrogens with one attached hydrogen (secondary N) is 1. The maximum atomic E-state index is 13.3. The Balaban J connectivity index is 1.21. The van der Waals surface area contributed by atoms with E-state index in [0.29, 0.717) is 17.3 Å². The zero-order valence-electron chi connectivity index (χ0n) is 18.5. The van der Waals surface area contributed by atoms with Crippen molar-refractivity contribution in [1.29, 1.82) is 0 Å². The highest BCUT2D eigenvalue weighted by molar-refractivity contribution is 8.00. The van der Waals surface area contributed by atoms with Gasteiger partial charge < -0.3 is 5.32 Å². The number of amides is 1. The number of carbonyl (C=O) groups excluding carboxylic acids is 1.